The second-order valence-corrected chi connectivity index (χ2v) is 7.52. The number of nitrogens with zero attached hydrogens (tertiary/aromatic N) is 2. The largest absolute Gasteiger partial charge is 0.434 e. The molecule has 3 aromatic rings. The van der Waals surface area contributed by atoms with E-state index >= 15 is 0 Å². The summed E-state index contributed by atoms with van der Waals surface area (Å²) in [5.74, 6) is -2.15. The zero-order chi connectivity index (χ0) is 23.0. The lowest BCUT2D eigenvalue weighted by Crippen LogP contribution is -2.21. The number of alkyl halides is 3. The fourth-order valence-electron chi connectivity index (χ4n) is 3.21. The number of anilines is 2. The lowest BCUT2D eigenvalue weighted by atomic mass is 10.1. The van der Waals surface area contributed by atoms with Crippen molar-refractivity contribution in [3.63, 3.8) is 0 Å². The Bertz CT molecular complexity index is 1200. The molecule has 166 valence electrons. The average Bonchev–Trinajstić information content (AvgIpc) is 3.48. The number of carbonyl (C=O) groups is 2. The molecule has 1 aromatic heterocycles. The summed E-state index contributed by atoms with van der Waals surface area (Å²) in [6.45, 7) is 1.66. The third kappa shape index (κ3) is 4.34. The maximum atomic E-state index is 14.1. The van der Waals surface area contributed by atoms with E-state index < -0.39 is 34.8 Å². The molecule has 0 saturated heterocycles. The van der Waals surface area contributed by atoms with Gasteiger partial charge in [-0.2, -0.15) is 18.3 Å². The first kappa shape index (κ1) is 21.5. The molecule has 4 rings (SSSR count). The van der Waals surface area contributed by atoms with Gasteiger partial charge in [0.05, 0.1) is 11.8 Å². The molecule has 2 aromatic carbocycles. The Morgan fingerprint density at radius 1 is 1.09 bits per heavy atom. The van der Waals surface area contributed by atoms with Crippen LogP contribution < -0.4 is 10.6 Å². The molecule has 2 amide bonds. The normalized spacial score (nSPS) is 13.7. The maximum Gasteiger partial charge on any atom is 0.434 e. The van der Waals surface area contributed by atoms with Crippen LogP contribution in [0.25, 0.3) is 5.69 Å². The highest BCUT2D eigenvalue weighted by molar-refractivity contribution is 6.06. The van der Waals surface area contributed by atoms with Gasteiger partial charge >= 0.3 is 6.18 Å². The molecule has 32 heavy (non-hydrogen) atoms. The van der Waals surface area contributed by atoms with Crippen molar-refractivity contribution in [1.82, 2.24) is 9.78 Å². The third-order valence-corrected chi connectivity index (χ3v) is 5.06. The molecule has 1 saturated carbocycles. The van der Waals surface area contributed by atoms with Gasteiger partial charge in [0.15, 0.2) is 5.69 Å². The summed E-state index contributed by atoms with van der Waals surface area (Å²) in [6, 6.07) is 9.58. The molecule has 1 fully saturated rings. The summed E-state index contributed by atoms with van der Waals surface area (Å²) in [6.07, 6.45) is -2.60. The van der Waals surface area contributed by atoms with Crippen LogP contribution in [0.2, 0.25) is 0 Å². The van der Waals surface area contributed by atoms with Gasteiger partial charge in [-0.25, -0.2) is 9.07 Å². The van der Waals surface area contributed by atoms with E-state index in [9.17, 15) is 27.2 Å². The predicted molar refractivity (Wildman–Crippen MR) is 109 cm³/mol. The first-order chi connectivity index (χ1) is 15.1. The molecule has 1 aliphatic rings. The Labute approximate surface area is 180 Å². The van der Waals surface area contributed by atoms with Crippen molar-refractivity contribution in [3.8, 4) is 5.69 Å². The first-order valence-corrected chi connectivity index (χ1v) is 9.78. The van der Waals surface area contributed by atoms with Gasteiger partial charge in [-0.1, -0.05) is 18.2 Å². The number of aryl methyl sites for hydroxylation is 1. The number of aromatic nitrogens is 2. The molecule has 0 aliphatic heterocycles. The topological polar surface area (TPSA) is 76.0 Å². The molecule has 0 bridgehead atoms. The Morgan fingerprint density at radius 2 is 1.81 bits per heavy atom. The van der Waals surface area contributed by atoms with Crippen LogP contribution in [0.15, 0.2) is 48.7 Å². The highest BCUT2D eigenvalue weighted by atomic mass is 19.4. The SMILES string of the molecule is Cc1ccc(NC(=O)C2CC2)cc1NC(=O)c1cnn(-c2ccccc2F)c1C(F)(F)F. The van der Waals surface area contributed by atoms with Gasteiger partial charge in [-0.05, 0) is 49.6 Å². The standard InChI is InChI=1S/C22H18F4N4O2/c1-12-6-9-14(28-20(31)13-7-8-13)10-17(12)29-21(32)15-11-27-30(19(15)22(24,25)26)18-5-3-2-4-16(18)23/h2-6,9-11,13H,7-8H2,1H3,(H,28,31)(H,29,32). The van der Waals surface area contributed by atoms with Crippen LogP contribution in [-0.2, 0) is 11.0 Å². The van der Waals surface area contributed by atoms with Gasteiger partial charge in [-0.3, -0.25) is 9.59 Å². The minimum atomic E-state index is -4.97. The van der Waals surface area contributed by atoms with Crippen LogP contribution in [0, 0.1) is 18.7 Å². The van der Waals surface area contributed by atoms with Crippen molar-refractivity contribution in [2.75, 3.05) is 10.6 Å². The average molecular weight is 446 g/mol. The monoisotopic (exact) mass is 446 g/mol. The number of para-hydroxylation sites is 1. The zero-order valence-electron chi connectivity index (χ0n) is 16.8. The van der Waals surface area contributed by atoms with Gasteiger partial charge < -0.3 is 10.6 Å². The van der Waals surface area contributed by atoms with E-state index in [2.05, 4.69) is 15.7 Å². The van der Waals surface area contributed by atoms with E-state index in [1.54, 1.807) is 19.1 Å². The van der Waals surface area contributed by atoms with Crippen molar-refractivity contribution in [3.05, 3.63) is 71.3 Å². The summed E-state index contributed by atoms with van der Waals surface area (Å²) in [7, 11) is 0. The summed E-state index contributed by atoms with van der Waals surface area (Å²) >= 11 is 0. The fourth-order valence-corrected chi connectivity index (χ4v) is 3.21. The van der Waals surface area contributed by atoms with E-state index in [1.165, 1.54) is 18.2 Å². The van der Waals surface area contributed by atoms with Crippen LogP contribution in [0.1, 0.15) is 34.5 Å². The van der Waals surface area contributed by atoms with Crippen LogP contribution in [-0.4, -0.2) is 21.6 Å². The number of halogens is 4. The fraction of sp³-hybridized carbons (Fsp3) is 0.227. The predicted octanol–water partition coefficient (Wildman–Crippen LogP) is 4.94. The number of nitrogens with one attached hydrogen (secondary N) is 2. The summed E-state index contributed by atoms with van der Waals surface area (Å²) in [4.78, 5) is 24.7. The minimum Gasteiger partial charge on any atom is -0.326 e. The third-order valence-electron chi connectivity index (χ3n) is 5.06. The highest BCUT2D eigenvalue weighted by Gasteiger charge is 2.41. The van der Waals surface area contributed by atoms with E-state index in [1.807, 2.05) is 0 Å². The van der Waals surface area contributed by atoms with Crippen molar-refractivity contribution in [1.29, 1.82) is 0 Å². The number of hydrogen-bond donors (Lipinski definition) is 2. The molecule has 1 aliphatic carbocycles. The molecule has 10 heteroatoms. The van der Waals surface area contributed by atoms with Crippen molar-refractivity contribution < 1.29 is 27.2 Å². The molecular weight excluding hydrogens is 428 g/mol. The Morgan fingerprint density at radius 3 is 2.47 bits per heavy atom. The zero-order valence-corrected chi connectivity index (χ0v) is 16.8. The summed E-state index contributed by atoms with van der Waals surface area (Å²) < 4.78 is 55.9. The Balaban J connectivity index is 1.65. The maximum absolute atomic E-state index is 14.1. The van der Waals surface area contributed by atoms with Gasteiger partial charge in [0.1, 0.15) is 11.5 Å². The molecule has 6 nitrogen and oxygen atoms in total. The number of amides is 2. The summed E-state index contributed by atoms with van der Waals surface area (Å²) in [5, 5.41) is 8.78. The molecule has 1 heterocycles. The number of carbonyl (C=O) groups excluding carboxylic acids is 2. The number of benzene rings is 2. The first-order valence-electron chi connectivity index (χ1n) is 9.78. The highest BCUT2D eigenvalue weighted by Crippen LogP contribution is 2.35. The van der Waals surface area contributed by atoms with E-state index in [0.717, 1.165) is 31.2 Å². The van der Waals surface area contributed by atoms with Gasteiger partial charge in [0.2, 0.25) is 5.91 Å². The Kier molecular flexibility index (Phi) is 5.45. The second-order valence-electron chi connectivity index (χ2n) is 7.52. The number of rotatable bonds is 5. The molecule has 0 unspecified atom stereocenters. The molecule has 0 spiro atoms. The van der Waals surface area contributed by atoms with Crippen molar-refractivity contribution >= 4 is 23.2 Å². The van der Waals surface area contributed by atoms with Crippen molar-refractivity contribution in [2.45, 2.75) is 25.9 Å². The molecular formula is C22H18F4N4O2. The molecule has 2 N–H and O–H groups in total. The smallest absolute Gasteiger partial charge is 0.326 e. The van der Waals surface area contributed by atoms with Gasteiger partial charge in [-0.15, -0.1) is 0 Å². The minimum absolute atomic E-state index is 0.0343. The summed E-state index contributed by atoms with van der Waals surface area (Å²) in [5.41, 5.74) is -1.35. The van der Waals surface area contributed by atoms with E-state index in [-0.39, 0.29) is 17.5 Å². The lowest BCUT2D eigenvalue weighted by Gasteiger charge is -2.14. The Hall–Kier alpha value is -3.69. The number of hydrogen-bond acceptors (Lipinski definition) is 3. The van der Waals surface area contributed by atoms with Crippen LogP contribution >= 0.6 is 0 Å². The van der Waals surface area contributed by atoms with Crippen LogP contribution in [0.4, 0.5) is 28.9 Å². The van der Waals surface area contributed by atoms with E-state index in [0.29, 0.717) is 15.9 Å². The molecule has 0 radical (unpaired) electrons. The van der Waals surface area contributed by atoms with Crippen LogP contribution in [0.3, 0.4) is 0 Å². The van der Waals surface area contributed by atoms with Gasteiger partial charge in [0.25, 0.3) is 5.91 Å². The quantitative estimate of drug-likeness (QED) is 0.545. The van der Waals surface area contributed by atoms with Crippen LogP contribution in [0.5, 0.6) is 0 Å². The van der Waals surface area contributed by atoms with Gasteiger partial charge in [0, 0.05) is 17.3 Å². The van der Waals surface area contributed by atoms with Crippen molar-refractivity contribution in [2.24, 2.45) is 5.92 Å². The van der Waals surface area contributed by atoms with E-state index in [4.69, 9.17) is 0 Å². The second kappa shape index (κ2) is 8.10. The molecule has 0 atom stereocenters. The lowest BCUT2D eigenvalue weighted by molar-refractivity contribution is -0.143.